The van der Waals surface area contributed by atoms with E-state index in [9.17, 15) is 14.7 Å². The molecule has 0 atom stereocenters. The number of carbonyl (C=O) groups is 2. The number of amides is 1. The van der Waals surface area contributed by atoms with Gasteiger partial charge in [-0.1, -0.05) is 34.1 Å². The van der Waals surface area contributed by atoms with Gasteiger partial charge in [0.15, 0.2) is 0 Å². The Bertz CT molecular complexity index is 993. The zero-order chi connectivity index (χ0) is 18.8. The average molecular weight is 430 g/mol. The molecule has 0 unspecified atom stereocenters. The zero-order valence-corrected chi connectivity index (χ0v) is 16.6. The molecular formula is C20H16BrNO3S. The minimum atomic E-state index is -1.06. The molecule has 0 aliphatic carbocycles. The summed E-state index contributed by atoms with van der Waals surface area (Å²) < 4.78 is 0.869. The van der Waals surface area contributed by atoms with E-state index in [0.717, 1.165) is 21.2 Å². The third kappa shape index (κ3) is 3.71. The van der Waals surface area contributed by atoms with Crippen LogP contribution >= 0.6 is 27.3 Å². The third-order valence-electron chi connectivity index (χ3n) is 4.16. The van der Waals surface area contributed by atoms with Gasteiger partial charge in [-0.05, 0) is 54.8 Å². The summed E-state index contributed by atoms with van der Waals surface area (Å²) >= 11 is 4.54. The third-order valence-corrected chi connectivity index (χ3v) is 5.58. The molecule has 0 bridgehead atoms. The highest BCUT2D eigenvalue weighted by Crippen LogP contribution is 2.36. The van der Waals surface area contributed by atoms with Gasteiger partial charge < -0.3 is 10.4 Å². The lowest BCUT2D eigenvalue weighted by molar-refractivity contribution is 0.0699. The molecule has 0 aliphatic heterocycles. The van der Waals surface area contributed by atoms with Crippen molar-refractivity contribution in [3.63, 3.8) is 0 Å². The molecule has 0 aliphatic rings. The molecule has 1 aromatic heterocycles. The van der Waals surface area contributed by atoms with Gasteiger partial charge in [-0.25, -0.2) is 4.79 Å². The lowest BCUT2D eigenvalue weighted by atomic mass is 9.99. The van der Waals surface area contributed by atoms with E-state index in [1.54, 1.807) is 29.6 Å². The lowest BCUT2D eigenvalue weighted by Gasteiger charge is -2.08. The molecule has 1 heterocycles. The molecule has 6 heteroatoms. The maximum atomic E-state index is 12.4. The summed E-state index contributed by atoms with van der Waals surface area (Å²) in [6.07, 6.45) is 0. The van der Waals surface area contributed by atoms with Crippen LogP contribution in [0.3, 0.4) is 0 Å². The number of halogens is 1. The van der Waals surface area contributed by atoms with Gasteiger partial charge in [0.1, 0.15) is 10.6 Å². The van der Waals surface area contributed by atoms with E-state index < -0.39 is 5.97 Å². The summed E-state index contributed by atoms with van der Waals surface area (Å²) in [4.78, 5) is 24.3. The molecule has 2 N–H and O–H groups in total. The molecule has 0 saturated carbocycles. The molecule has 0 fully saturated rings. The fourth-order valence-electron chi connectivity index (χ4n) is 2.56. The maximum Gasteiger partial charge on any atom is 0.339 e. The quantitative estimate of drug-likeness (QED) is 0.554. The van der Waals surface area contributed by atoms with E-state index in [0.29, 0.717) is 16.1 Å². The highest BCUT2D eigenvalue weighted by atomic mass is 79.9. The molecule has 1 amide bonds. The molecule has 3 aromatic rings. The minimum absolute atomic E-state index is 0.115. The number of nitrogens with one attached hydrogen (secondary N) is 1. The smallest absolute Gasteiger partial charge is 0.339 e. The first-order valence-corrected chi connectivity index (χ1v) is 9.53. The minimum Gasteiger partial charge on any atom is -0.478 e. The van der Waals surface area contributed by atoms with Crippen LogP contribution < -0.4 is 5.32 Å². The van der Waals surface area contributed by atoms with Crippen molar-refractivity contribution < 1.29 is 14.7 Å². The molecule has 3 rings (SSSR count). The fourth-order valence-corrected chi connectivity index (χ4v) is 3.78. The van der Waals surface area contributed by atoms with Crippen molar-refractivity contribution in [3.8, 4) is 11.1 Å². The van der Waals surface area contributed by atoms with Gasteiger partial charge >= 0.3 is 5.97 Å². The van der Waals surface area contributed by atoms with E-state index in [2.05, 4.69) is 21.2 Å². The predicted molar refractivity (Wildman–Crippen MR) is 108 cm³/mol. The SMILES string of the molecule is Cc1ccc(-c2csc(NC(=O)c3ccc(Br)cc3)c2C(=O)O)cc1C. The number of rotatable bonds is 4. The first kappa shape index (κ1) is 18.4. The lowest BCUT2D eigenvalue weighted by Crippen LogP contribution is -2.13. The number of carboxylic acids is 1. The molecule has 132 valence electrons. The number of carboxylic acid groups (broad SMARTS) is 1. The van der Waals surface area contributed by atoms with Gasteiger partial charge in [-0.3, -0.25) is 4.79 Å². The van der Waals surface area contributed by atoms with Gasteiger partial charge in [0.05, 0.1) is 0 Å². The number of aryl methyl sites for hydroxylation is 2. The fraction of sp³-hybridized carbons (Fsp3) is 0.100. The normalized spacial score (nSPS) is 10.6. The Morgan fingerprint density at radius 1 is 1.04 bits per heavy atom. The highest BCUT2D eigenvalue weighted by molar-refractivity contribution is 9.10. The second-order valence-corrected chi connectivity index (χ2v) is 7.71. The van der Waals surface area contributed by atoms with Crippen molar-refractivity contribution in [2.24, 2.45) is 0 Å². The molecule has 26 heavy (non-hydrogen) atoms. The Balaban J connectivity index is 1.97. The number of benzene rings is 2. The molecule has 2 aromatic carbocycles. The molecule has 4 nitrogen and oxygen atoms in total. The highest BCUT2D eigenvalue weighted by Gasteiger charge is 2.21. The van der Waals surface area contributed by atoms with Gasteiger partial charge in [-0.2, -0.15) is 0 Å². The number of thiophene rings is 1. The number of anilines is 1. The number of hydrogen-bond acceptors (Lipinski definition) is 3. The van der Waals surface area contributed by atoms with Crippen LogP contribution in [0, 0.1) is 13.8 Å². The Labute approximate surface area is 163 Å². The van der Waals surface area contributed by atoms with Crippen LogP contribution in [0.1, 0.15) is 31.8 Å². The Hall–Kier alpha value is -2.44. The van der Waals surface area contributed by atoms with E-state index in [1.165, 1.54) is 11.3 Å². The second kappa shape index (κ2) is 7.43. The summed E-state index contributed by atoms with van der Waals surface area (Å²) in [5.74, 6) is -1.40. The van der Waals surface area contributed by atoms with E-state index in [1.807, 2.05) is 32.0 Å². The van der Waals surface area contributed by atoms with Crippen LogP contribution in [0.5, 0.6) is 0 Å². The number of aromatic carboxylic acids is 1. The summed E-state index contributed by atoms with van der Waals surface area (Å²) in [5, 5.41) is 14.5. The molecular weight excluding hydrogens is 414 g/mol. The topological polar surface area (TPSA) is 66.4 Å². The largest absolute Gasteiger partial charge is 0.478 e. The van der Waals surface area contributed by atoms with Crippen molar-refractivity contribution in [2.45, 2.75) is 13.8 Å². The monoisotopic (exact) mass is 429 g/mol. The summed E-state index contributed by atoms with van der Waals surface area (Å²) in [5.41, 5.74) is 4.24. The van der Waals surface area contributed by atoms with E-state index in [-0.39, 0.29) is 11.5 Å². The van der Waals surface area contributed by atoms with E-state index >= 15 is 0 Å². The number of hydrogen-bond donors (Lipinski definition) is 2. The van der Waals surface area contributed by atoms with Gasteiger partial charge in [0.2, 0.25) is 0 Å². The van der Waals surface area contributed by atoms with Crippen LogP contribution in [0.15, 0.2) is 52.3 Å². The first-order chi connectivity index (χ1) is 12.4. The standard InChI is InChI=1S/C20H16BrNO3S/c1-11-3-4-14(9-12(11)2)16-10-26-19(17(16)20(24)25)22-18(23)13-5-7-15(21)8-6-13/h3-10H,1-2H3,(H,22,23)(H,24,25). The van der Waals surface area contributed by atoms with Crippen LogP contribution in [0.2, 0.25) is 0 Å². The summed E-state index contributed by atoms with van der Waals surface area (Å²) in [6.45, 7) is 4.00. The van der Waals surface area contributed by atoms with E-state index in [4.69, 9.17) is 0 Å². The maximum absolute atomic E-state index is 12.4. The van der Waals surface area contributed by atoms with Crippen molar-refractivity contribution in [2.75, 3.05) is 5.32 Å². The number of carbonyl (C=O) groups excluding carboxylic acids is 1. The predicted octanol–water partition coefficient (Wildman–Crippen LogP) is 5.74. The molecule has 0 saturated heterocycles. The van der Waals surface area contributed by atoms with Crippen molar-refractivity contribution >= 4 is 44.1 Å². The average Bonchev–Trinajstić information content (AvgIpc) is 3.01. The molecule has 0 spiro atoms. The van der Waals surface area contributed by atoms with Crippen molar-refractivity contribution in [3.05, 3.63) is 74.6 Å². The first-order valence-electron chi connectivity index (χ1n) is 7.86. The van der Waals surface area contributed by atoms with Crippen LogP contribution in [-0.2, 0) is 0 Å². The second-order valence-electron chi connectivity index (χ2n) is 5.92. The van der Waals surface area contributed by atoms with Gasteiger partial charge in [0.25, 0.3) is 5.91 Å². The van der Waals surface area contributed by atoms with Gasteiger partial charge in [-0.15, -0.1) is 11.3 Å². The Kier molecular flexibility index (Phi) is 5.25. The van der Waals surface area contributed by atoms with Crippen LogP contribution in [-0.4, -0.2) is 17.0 Å². The van der Waals surface area contributed by atoms with Crippen molar-refractivity contribution in [1.82, 2.24) is 0 Å². The Morgan fingerprint density at radius 3 is 2.35 bits per heavy atom. The van der Waals surface area contributed by atoms with Crippen LogP contribution in [0.4, 0.5) is 5.00 Å². The zero-order valence-electron chi connectivity index (χ0n) is 14.2. The van der Waals surface area contributed by atoms with Crippen molar-refractivity contribution in [1.29, 1.82) is 0 Å². The Morgan fingerprint density at radius 2 is 1.73 bits per heavy atom. The van der Waals surface area contributed by atoms with Gasteiger partial charge in [0, 0.05) is 21.0 Å². The van der Waals surface area contributed by atoms with Crippen LogP contribution in [0.25, 0.3) is 11.1 Å². The summed E-state index contributed by atoms with van der Waals surface area (Å²) in [7, 11) is 0. The summed E-state index contributed by atoms with van der Waals surface area (Å²) in [6, 6.07) is 12.7. The molecule has 0 radical (unpaired) electrons.